The number of hydrogen-bond donors (Lipinski definition) is 4. The van der Waals surface area contributed by atoms with Crippen molar-refractivity contribution in [2.75, 3.05) is 26.2 Å². The van der Waals surface area contributed by atoms with Crippen molar-refractivity contribution < 1.29 is 20.4 Å². The van der Waals surface area contributed by atoms with Gasteiger partial charge in [0.2, 0.25) is 0 Å². The Kier molecular flexibility index (Phi) is 10.1. The van der Waals surface area contributed by atoms with Crippen LogP contribution >= 0.6 is 23.2 Å². The summed E-state index contributed by atoms with van der Waals surface area (Å²) in [4.78, 5) is 4.18. The van der Waals surface area contributed by atoms with Gasteiger partial charge in [-0.15, -0.1) is 0 Å². The number of hydrogen-bond acceptors (Lipinski definition) is 6. The maximum Gasteiger partial charge on any atom is 0.123 e. The summed E-state index contributed by atoms with van der Waals surface area (Å²) >= 11 is 12.6. The van der Waals surface area contributed by atoms with Gasteiger partial charge in [-0.3, -0.25) is 9.80 Å². The fourth-order valence-corrected chi connectivity index (χ4v) is 5.24. The molecule has 0 heterocycles. The van der Waals surface area contributed by atoms with Crippen LogP contribution in [0.3, 0.4) is 0 Å². The number of benzene rings is 3. The highest BCUT2D eigenvalue weighted by Crippen LogP contribution is 2.31. The molecule has 0 saturated carbocycles. The van der Waals surface area contributed by atoms with E-state index in [1.807, 2.05) is 26.0 Å². The molecule has 0 aliphatic heterocycles. The SMILES string of the molecule is Cc1cc(C)c(O)c(CN(CCO)CCN(Cc2cc(Cl)cc(C)c2O)Cc2cc(Cl)cc(C)c2O)c1. The van der Waals surface area contributed by atoms with Crippen LogP contribution in [0.25, 0.3) is 0 Å². The Balaban J connectivity index is 1.87. The van der Waals surface area contributed by atoms with Crippen LogP contribution in [0.5, 0.6) is 17.2 Å². The number of aliphatic hydroxyl groups is 1. The van der Waals surface area contributed by atoms with E-state index in [1.54, 1.807) is 38.1 Å². The minimum atomic E-state index is -0.0197. The Bertz CT molecular complexity index is 1190. The topological polar surface area (TPSA) is 87.4 Å². The molecule has 0 amide bonds. The molecule has 0 spiro atoms. The van der Waals surface area contributed by atoms with Gasteiger partial charge in [0.15, 0.2) is 0 Å². The third kappa shape index (κ3) is 7.76. The number of halogens is 2. The van der Waals surface area contributed by atoms with Crippen molar-refractivity contribution in [1.82, 2.24) is 9.80 Å². The van der Waals surface area contributed by atoms with Gasteiger partial charge < -0.3 is 20.4 Å². The number of nitrogens with zero attached hydrogens (tertiary/aromatic N) is 2. The molecule has 0 bridgehead atoms. The molecule has 0 aromatic heterocycles. The Morgan fingerprint density at radius 1 is 0.568 bits per heavy atom. The molecule has 0 saturated heterocycles. The van der Waals surface area contributed by atoms with E-state index in [2.05, 4.69) is 9.80 Å². The Morgan fingerprint density at radius 2 is 0.973 bits per heavy atom. The predicted molar refractivity (Wildman–Crippen MR) is 150 cm³/mol. The molecule has 8 heteroatoms. The molecule has 200 valence electrons. The number of aliphatic hydroxyl groups excluding tert-OH is 1. The zero-order valence-electron chi connectivity index (χ0n) is 21.9. The van der Waals surface area contributed by atoms with E-state index in [4.69, 9.17) is 23.2 Å². The van der Waals surface area contributed by atoms with E-state index in [1.165, 1.54) is 0 Å². The second-order valence-corrected chi connectivity index (χ2v) is 10.6. The molecule has 3 aromatic rings. The van der Waals surface area contributed by atoms with Gasteiger partial charge in [0, 0.05) is 66.0 Å². The van der Waals surface area contributed by atoms with Crippen molar-refractivity contribution in [1.29, 1.82) is 0 Å². The first kappa shape index (κ1) is 29.1. The second kappa shape index (κ2) is 12.9. The average molecular weight is 548 g/mol. The molecular formula is C29H36Cl2N2O4. The quantitative estimate of drug-likeness (QED) is 0.241. The molecule has 0 aliphatic carbocycles. The number of aryl methyl sites for hydroxylation is 4. The molecule has 0 fully saturated rings. The van der Waals surface area contributed by atoms with Crippen molar-refractivity contribution in [3.8, 4) is 17.2 Å². The van der Waals surface area contributed by atoms with Crippen LogP contribution in [0, 0.1) is 27.7 Å². The summed E-state index contributed by atoms with van der Waals surface area (Å²) in [6, 6.07) is 10.8. The Morgan fingerprint density at radius 3 is 1.46 bits per heavy atom. The van der Waals surface area contributed by atoms with Gasteiger partial charge in [0.05, 0.1) is 6.61 Å². The molecule has 0 atom stereocenters. The lowest BCUT2D eigenvalue weighted by atomic mass is 10.0. The van der Waals surface area contributed by atoms with E-state index < -0.39 is 0 Å². The first-order chi connectivity index (χ1) is 17.5. The summed E-state index contributed by atoms with van der Waals surface area (Å²) in [5.41, 5.74) is 5.44. The normalized spacial score (nSPS) is 11.6. The minimum Gasteiger partial charge on any atom is -0.507 e. The van der Waals surface area contributed by atoms with Gasteiger partial charge in [-0.1, -0.05) is 40.9 Å². The van der Waals surface area contributed by atoms with Crippen molar-refractivity contribution >= 4 is 23.2 Å². The third-order valence-electron chi connectivity index (χ3n) is 6.54. The number of rotatable bonds is 11. The molecule has 6 nitrogen and oxygen atoms in total. The monoisotopic (exact) mass is 546 g/mol. The smallest absolute Gasteiger partial charge is 0.123 e. The zero-order chi connectivity index (χ0) is 27.3. The molecular weight excluding hydrogens is 511 g/mol. The first-order valence-electron chi connectivity index (χ1n) is 12.3. The van der Waals surface area contributed by atoms with Gasteiger partial charge in [0.25, 0.3) is 0 Å². The van der Waals surface area contributed by atoms with Crippen LogP contribution in [-0.2, 0) is 19.6 Å². The standard InChI is InChI=1S/C29H36Cl2N2O4/c1-18-9-19(2)27(35)22(10-18)15-32(7-8-34)5-6-33(16-23-13-25(30)11-20(3)28(23)36)17-24-14-26(31)12-21(4)29(24)37/h9-14,34-37H,5-8,15-17H2,1-4H3. The highest BCUT2D eigenvalue weighted by Gasteiger charge is 2.18. The highest BCUT2D eigenvalue weighted by molar-refractivity contribution is 6.31. The number of aromatic hydroxyl groups is 3. The van der Waals surface area contributed by atoms with Crippen molar-refractivity contribution in [2.45, 2.75) is 47.3 Å². The van der Waals surface area contributed by atoms with E-state index in [-0.39, 0.29) is 23.9 Å². The average Bonchev–Trinajstić information content (AvgIpc) is 2.81. The second-order valence-electron chi connectivity index (χ2n) is 9.76. The van der Waals surface area contributed by atoms with Crippen molar-refractivity contribution in [2.24, 2.45) is 0 Å². The fourth-order valence-electron chi connectivity index (χ4n) is 4.65. The van der Waals surface area contributed by atoms with Gasteiger partial charge in [-0.05, 0) is 68.7 Å². The van der Waals surface area contributed by atoms with Crippen LogP contribution in [0.1, 0.15) is 38.9 Å². The van der Waals surface area contributed by atoms with Gasteiger partial charge in [0.1, 0.15) is 17.2 Å². The molecule has 0 radical (unpaired) electrons. The lowest BCUT2D eigenvalue weighted by molar-refractivity contribution is 0.155. The third-order valence-corrected chi connectivity index (χ3v) is 6.98. The van der Waals surface area contributed by atoms with Crippen LogP contribution in [0.4, 0.5) is 0 Å². The molecule has 37 heavy (non-hydrogen) atoms. The van der Waals surface area contributed by atoms with Crippen molar-refractivity contribution in [3.05, 3.63) is 85.4 Å². The molecule has 0 unspecified atom stereocenters. The lowest BCUT2D eigenvalue weighted by Gasteiger charge is -2.29. The lowest BCUT2D eigenvalue weighted by Crippen LogP contribution is -2.36. The summed E-state index contributed by atoms with van der Waals surface area (Å²) in [5, 5.41) is 42.8. The van der Waals surface area contributed by atoms with Crippen molar-refractivity contribution in [3.63, 3.8) is 0 Å². The zero-order valence-corrected chi connectivity index (χ0v) is 23.4. The van der Waals surface area contributed by atoms with E-state index in [0.717, 1.165) is 16.7 Å². The summed E-state index contributed by atoms with van der Waals surface area (Å²) in [6.45, 7) is 10.3. The van der Waals surface area contributed by atoms with Crippen LogP contribution < -0.4 is 0 Å². The summed E-state index contributed by atoms with van der Waals surface area (Å²) in [5.74, 6) is 0.644. The highest BCUT2D eigenvalue weighted by atomic mass is 35.5. The van der Waals surface area contributed by atoms with Gasteiger partial charge >= 0.3 is 0 Å². The summed E-state index contributed by atoms with van der Waals surface area (Å²) < 4.78 is 0. The Labute approximate surface area is 229 Å². The maximum atomic E-state index is 10.7. The maximum absolute atomic E-state index is 10.7. The summed E-state index contributed by atoms with van der Waals surface area (Å²) in [6.07, 6.45) is 0. The molecule has 3 rings (SSSR count). The molecule has 0 aliphatic rings. The summed E-state index contributed by atoms with van der Waals surface area (Å²) in [7, 11) is 0. The molecule has 4 N–H and O–H groups in total. The van der Waals surface area contributed by atoms with Crippen LogP contribution in [0.15, 0.2) is 36.4 Å². The van der Waals surface area contributed by atoms with Gasteiger partial charge in [-0.25, -0.2) is 0 Å². The van der Waals surface area contributed by atoms with E-state index in [0.29, 0.717) is 71.6 Å². The largest absolute Gasteiger partial charge is 0.507 e. The predicted octanol–water partition coefficient (Wildman–Crippen LogP) is 5.84. The van der Waals surface area contributed by atoms with Crippen LogP contribution in [0.2, 0.25) is 10.0 Å². The molecule has 3 aromatic carbocycles. The first-order valence-corrected chi connectivity index (χ1v) is 13.0. The van der Waals surface area contributed by atoms with E-state index in [9.17, 15) is 20.4 Å². The van der Waals surface area contributed by atoms with Crippen LogP contribution in [-0.4, -0.2) is 56.5 Å². The fraction of sp³-hybridized carbons (Fsp3) is 0.379. The number of phenols is 3. The minimum absolute atomic E-state index is 0.0197. The Hall–Kier alpha value is -2.48. The van der Waals surface area contributed by atoms with Gasteiger partial charge in [-0.2, -0.15) is 0 Å². The van der Waals surface area contributed by atoms with E-state index >= 15 is 0 Å². The number of phenolic OH excluding ortho intramolecular Hbond substituents is 3.